The molecular formula is C18H10ClFN4O2S. The van der Waals surface area contributed by atoms with Crippen LogP contribution in [0.5, 0.6) is 0 Å². The van der Waals surface area contributed by atoms with Gasteiger partial charge < -0.3 is 4.42 Å². The summed E-state index contributed by atoms with van der Waals surface area (Å²) in [7, 11) is 0. The summed E-state index contributed by atoms with van der Waals surface area (Å²) in [6.45, 7) is 0. The highest BCUT2D eigenvalue weighted by Crippen LogP contribution is 2.27. The molecular weight excluding hydrogens is 391 g/mol. The van der Waals surface area contributed by atoms with E-state index >= 15 is 0 Å². The van der Waals surface area contributed by atoms with Crippen molar-refractivity contribution in [2.24, 2.45) is 0 Å². The summed E-state index contributed by atoms with van der Waals surface area (Å²) in [5, 5.41) is 5.33. The highest BCUT2D eigenvalue weighted by Gasteiger charge is 2.20. The lowest BCUT2D eigenvalue weighted by Crippen LogP contribution is -2.12. The minimum atomic E-state index is -0.481. The Labute approximate surface area is 161 Å². The lowest BCUT2D eigenvalue weighted by molar-refractivity contribution is 0.0997. The molecule has 0 saturated heterocycles. The van der Waals surface area contributed by atoms with Gasteiger partial charge in [0.25, 0.3) is 5.91 Å². The van der Waals surface area contributed by atoms with E-state index < -0.39 is 11.7 Å². The van der Waals surface area contributed by atoms with Crippen molar-refractivity contribution in [1.82, 2.24) is 15.0 Å². The van der Waals surface area contributed by atoms with Crippen molar-refractivity contribution < 1.29 is 13.6 Å². The van der Waals surface area contributed by atoms with Crippen LogP contribution in [-0.4, -0.2) is 20.9 Å². The zero-order valence-electron chi connectivity index (χ0n) is 13.5. The Morgan fingerprint density at radius 2 is 1.93 bits per heavy atom. The first-order valence-electron chi connectivity index (χ1n) is 7.68. The number of benzene rings is 1. The fourth-order valence-corrected chi connectivity index (χ4v) is 3.18. The lowest BCUT2D eigenvalue weighted by Gasteiger charge is -2.02. The average Bonchev–Trinajstić information content (AvgIpc) is 3.33. The van der Waals surface area contributed by atoms with Gasteiger partial charge in [-0.15, -0.1) is 11.3 Å². The minimum Gasteiger partial charge on any atom is -0.438 e. The number of rotatable bonds is 4. The molecule has 134 valence electrons. The predicted molar refractivity (Wildman–Crippen MR) is 100 cm³/mol. The van der Waals surface area contributed by atoms with Gasteiger partial charge in [-0.05, 0) is 24.3 Å². The van der Waals surface area contributed by atoms with Crippen LogP contribution in [0.15, 0.2) is 58.8 Å². The molecule has 1 amide bonds. The van der Waals surface area contributed by atoms with Crippen LogP contribution in [0.2, 0.25) is 5.02 Å². The van der Waals surface area contributed by atoms with E-state index in [0.29, 0.717) is 32.8 Å². The van der Waals surface area contributed by atoms with Gasteiger partial charge >= 0.3 is 0 Å². The Kier molecular flexibility index (Phi) is 4.66. The number of thiazole rings is 1. The average molecular weight is 401 g/mol. The van der Waals surface area contributed by atoms with Gasteiger partial charge in [0.05, 0.1) is 11.9 Å². The van der Waals surface area contributed by atoms with E-state index in [9.17, 15) is 9.18 Å². The highest BCUT2D eigenvalue weighted by atomic mass is 35.5. The maximum absolute atomic E-state index is 13.0. The lowest BCUT2D eigenvalue weighted by atomic mass is 10.1. The number of oxazole rings is 1. The number of aromatic nitrogens is 3. The number of carbonyl (C=O) groups excluding carboxylic acids is 1. The summed E-state index contributed by atoms with van der Waals surface area (Å²) in [4.78, 5) is 24.9. The van der Waals surface area contributed by atoms with Gasteiger partial charge in [0, 0.05) is 16.0 Å². The van der Waals surface area contributed by atoms with Crippen molar-refractivity contribution in [3.8, 4) is 22.6 Å². The quantitative estimate of drug-likeness (QED) is 0.526. The number of nitrogens with one attached hydrogen (secondary N) is 1. The first-order valence-corrected chi connectivity index (χ1v) is 8.94. The number of hydrogen-bond acceptors (Lipinski definition) is 6. The monoisotopic (exact) mass is 400 g/mol. The SMILES string of the molecule is O=C(Nc1nc(-c2ccc(F)cn2)cs1)c1ocnc1-c1ccc(Cl)cc1. The number of halogens is 2. The Morgan fingerprint density at radius 3 is 2.67 bits per heavy atom. The Bertz CT molecular complexity index is 1090. The van der Waals surface area contributed by atoms with Gasteiger partial charge in [0.2, 0.25) is 5.76 Å². The number of anilines is 1. The summed E-state index contributed by atoms with van der Waals surface area (Å²) >= 11 is 7.11. The molecule has 0 radical (unpaired) electrons. The predicted octanol–water partition coefficient (Wildman–Crippen LogP) is 4.90. The van der Waals surface area contributed by atoms with Crippen molar-refractivity contribution in [3.63, 3.8) is 0 Å². The van der Waals surface area contributed by atoms with Crippen LogP contribution >= 0.6 is 22.9 Å². The second kappa shape index (κ2) is 7.26. The number of nitrogens with zero attached hydrogens (tertiary/aromatic N) is 3. The van der Waals surface area contributed by atoms with Crippen molar-refractivity contribution in [1.29, 1.82) is 0 Å². The summed E-state index contributed by atoms with van der Waals surface area (Å²) in [5.41, 5.74) is 2.15. The van der Waals surface area contributed by atoms with E-state index in [-0.39, 0.29) is 5.76 Å². The van der Waals surface area contributed by atoms with Gasteiger partial charge in [0.1, 0.15) is 17.2 Å². The molecule has 0 atom stereocenters. The fraction of sp³-hybridized carbons (Fsp3) is 0. The third-order valence-electron chi connectivity index (χ3n) is 3.61. The van der Waals surface area contributed by atoms with E-state index in [1.165, 1.54) is 29.9 Å². The molecule has 0 unspecified atom stereocenters. The van der Waals surface area contributed by atoms with Gasteiger partial charge in [0.15, 0.2) is 11.5 Å². The van der Waals surface area contributed by atoms with Crippen LogP contribution in [0.4, 0.5) is 9.52 Å². The molecule has 9 heteroatoms. The molecule has 0 aliphatic heterocycles. The smallest absolute Gasteiger partial charge is 0.295 e. The van der Waals surface area contributed by atoms with Gasteiger partial charge in [-0.1, -0.05) is 23.7 Å². The fourth-order valence-electron chi connectivity index (χ4n) is 2.35. The van der Waals surface area contributed by atoms with Crippen LogP contribution < -0.4 is 5.32 Å². The Morgan fingerprint density at radius 1 is 1.11 bits per heavy atom. The largest absolute Gasteiger partial charge is 0.438 e. The zero-order valence-corrected chi connectivity index (χ0v) is 15.1. The first kappa shape index (κ1) is 17.3. The van der Waals surface area contributed by atoms with Crippen LogP contribution in [0.25, 0.3) is 22.6 Å². The molecule has 4 rings (SSSR count). The molecule has 4 aromatic rings. The van der Waals surface area contributed by atoms with E-state index in [1.807, 2.05) is 0 Å². The molecule has 0 aliphatic rings. The second-order valence-electron chi connectivity index (χ2n) is 5.39. The molecule has 0 fully saturated rings. The molecule has 3 heterocycles. The molecule has 0 spiro atoms. The van der Waals surface area contributed by atoms with E-state index in [2.05, 4.69) is 20.3 Å². The number of hydrogen-bond donors (Lipinski definition) is 1. The molecule has 6 nitrogen and oxygen atoms in total. The molecule has 27 heavy (non-hydrogen) atoms. The van der Waals surface area contributed by atoms with Crippen LogP contribution in [-0.2, 0) is 0 Å². The van der Waals surface area contributed by atoms with Crippen molar-refractivity contribution in [2.75, 3.05) is 5.32 Å². The topological polar surface area (TPSA) is 80.9 Å². The van der Waals surface area contributed by atoms with Crippen molar-refractivity contribution in [3.05, 3.63) is 71.0 Å². The standard InChI is InChI=1S/C18H10ClFN4O2S/c19-11-3-1-10(2-4-11)15-16(26-9-22-15)17(25)24-18-23-14(8-27-18)13-6-5-12(20)7-21-13/h1-9H,(H,23,24,25). The van der Waals surface area contributed by atoms with Gasteiger partial charge in [-0.3, -0.25) is 15.1 Å². The maximum atomic E-state index is 13.0. The summed E-state index contributed by atoms with van der Waals surface area (Å²) in [6.07, 6.45) is 2.31. The van der Waals surface area contributed by atoms with Crippen molar-refractivity contribution >= 4 is 34.0 Å². The molecule has 0 bridgehead atoms. The number of pyridine rings is 1. The Hall–Kier alpha value is -3.10. The molecule has 0 saturated carbocycles. The minimum absolute atomic E-state index is 0.0639. The van der Waals surface area contributed by atoms with Crippen molar-refractivity contribution in [2.45, 2.75) is 0 Å². The number of amides is 1. The van der Waals surface area contributed by atoms with Crippen LogP contribution in [0.3, 0.4) is 0 Å². The molecule has 3 aromatic heterocycles. The molecule has 0 aliphatic carbocycles. The molecule has 1 N–H and O–H groups in total. The van der Waals surface area contributed by atoms with Gasteiger partial charge in [-0.25, -0.2) is 14.4 Å². The summed E-state index contributed by atoms with van der Waals surface area (Å²) < 4.78 is 18.2. The third-order valence-corrected chi connectivity index (χ3v) is 4.62. The first-order chi connectivity index (χ1) is 13.1. The van der Waals surface area contributed by atoms with E-state index in [4.69, 9.17) is 16.0 Å². The summed E-state index contributed by atoms with van der Waals surface area (Å²) in [5.74, 6) is -0.845. The second-order valence-corrected chi connectivity index (χ2v) is 6.69. The van der Waals surface area contributed by atoms with Crippen LogP contribution in [0, 0.1) is 5.82 Å². The zero-order chi connectivity index (χ0) is 18.8. The maximum Gasteiger partial charge on any atom is 0.295 e. The van der Waals surface area contributed by atoms with E-state index in [0.717, 1.165) is 6.20 Å². The number of carbonyl (C=O) groups is 1. The normalized spacial score (nSPS) is 10.7. The third kappa shape index (κ3) is 3.71. The van der Waals surface area contributed by atoms with Gasteiger partial charge in [-0.2, -0.15) is 0 Å². The molecule has 1 aromatic carbocycles. The van der Waals surface area contributed by atoms with Crippen LogP contribution in [0.1, 0.15) is 10.6 Å². The Balaban J connectivity index is 1.55. The van der Waals surface area contributed by atoms with E-state index in [1.54, 1.807) is 29.6 Å². The summed E-state index contributed by atoms with van der Waals surface area (Å²) in [6, 6.07) is 9.72. The highest BCUT2D eigenvalue weighted by molar-refractivity contribution is 7.14.